The van der Waals surface area contributed by atoms with E-state index in [4.69, 9.17) is 35.4 Å². The first kappa shape index (κ1) is 21.8. The molecule has 0 saturated carbocycles. The second-order valence-corrected chi connectivity index (χ2v) is 7.69. The maximum absolute atomic E-state index is 12.3. The molecule has 0 aliphatic carbocycles. The number of hydrogen-bond donors (Lipinski definition) is 3. The summed E-state index contributed by atoms with van der Waals surface area (Å²) in [6, 6.07) is 18.9. The van der Waals surface area contributed by atoms with Crippen molar-refractivity contribution >= 4 is 63.7 Å². The summed E-state index contributed by atoms with van der Waals surface area (Å²) >= 11 is 17.1. The van der Waals surface area contributed by atoms with Gasteiger partial charge in [-0.15, -0.1) is 0 Å². The van der Waals surface area contributed by atoms with Crippen molar-refractivity contribution in [1.82, 2.24) is 5.32 Å². The van der Waals surface area contributed by atoms with Gasteiger partial charge in [-0.1, -0.05) is 40.9 Å². The van der Waals surface area contributed by atoms with Crippen molar-refractivity contribution in [2.45, 2.75) is 6.92 Å². The molecule has 0 aliphatic heterocycles. The number of rotatable bonds is 4. The number of nitrogens with one attached hydrogen (secondary N) is 3. The van der Waals surface area contributed by atoms with Crippen molar-refractivity contribution in [3.05, 3.63) is 93.5 Å². The molecule has 152 valence electrons. The quantitative estimate of drug-likeness (QED) is 0.440. The van der Waals surface area contributed by atoms with Crippen LogP contribution < -0.4 is 16.0 Å². The van der Waals surface area contributed by atoms with Gasteiger partial charge in [-0.05, 0) is 73.7 Å². The lowest BCUT2D eigenvalue weighted by atomic mass is 10.1. The van der Waals surface area contributed by atoms with Crippen LogP contribution in [-0.4, -0.2) is 16.9 Å². The normalized spacial score (nSPS) is 10.2. The van der Waals surface area contributed by atoms with Crippen LogP contribution in [0.3, 0.4) is 0 Å². The second-order valence-electron chi connectivity index (χ2n) is 6.43. The van der Waals surface area contributed by atoms with Crippen LogP contribution in [0, 0.1) is 6.92 Å². The summed E-state index contributed by atoms with van der Waals surface area (Å²) in [4.78, 5) is 24.6. The predicted molar refractivity (Wildman–Crippen MR) is 126 cm³/mol. The van der Waals surface area contributed by atoms with Crippen LogP contribution in [0.25, 0.3) is 0 Å². The fourth-order valence-corrected chi connectivity index (χ4v) is 3.34. The minimum absolute atomic E-state index is 0.113. The maximum Gasteiger partial charge on any atom is 0.258 e. The maximum atomic E-state index is 12.3. The monoisotopic (exact) mass is 457 g/mol. The van der Waals surface area contributed by atoms with E-state index in [1.807, 2.05) is 25.1 Å². The van der Waals surface area contributed by atoms with E-state index >= 15 is 0 Å². The molecule has 0 saturated heterocycles. The summed E-state index contributed by atoms with van der Waals surface area (Å²) in [5.74, 6) is -0.641. The Morgan fingerprint density at radius 3 is 2.13 bits per heavy atom. The Morgan fingerprint density at radius 1 is 0.833 bits per heavy atom. The third kappa shape index (κ3) is 5.79. The molecule has 0 bridgehead atoms. The Balaban J connectivity index is 1.57. The summed E-state index contributed by atoms with van der Waals surface area (Å²) in [6.07, 6.45) is 0. The van der Waals surface area contributed by atoms with E-state index in [1.54, 1.807) is 36.4 Å². The molecule has 0 fully saturated rings. The number of thiocarbonyl (C=S) groups is 1. The highest BCUT2D eigenvalue weighted by molar-refractivity contribution is 7.80. The summed E-state index contributed by atoms with van der Waals surface area (Å²) in [7, 11) is 0. The number of halogens is 2. The van der Waals surface area contributed by atoms with Gasteiger partial charge in [0.15, 0.2) is 5.11 Å². The first-order valence-corrected chi connectivity index (χ1v) is 10.0. The van der Waals surface area contributed by atoms with Crippen LogP contribution >= 0.6 is 35.4 Å². The molecule has 3 N–H and O–H groups in total. The van der Waals surface area contributed by atoms with Crippen LogP contribution in [0.4, 0.5) is 11.4 Å². The van der Waals surface area contributed by atoms with E-state index in [-0.39, 0.29) is 21.6 Å². The molecule has 30 heavy (non-hydrogen) atoms. The molecule has 0 aromatic heterocycles. The molecule has 0 heterocycles. The van der Waals surface area contributed by atoms with E-state index in [0.29, 0.717) is 22.0 Å². The Kier molecular flexibility index (Phi) is 7.05. The largest absolute Gasteiger partial charge is 0.332 e. The van der Waals surface area contributed by atoms with Crippen LogP contribution in [0.2, 0.25) is 10.0 Å². The Hall–Kier alpha value is -2.93. The molecule has 3 aromatic carbocycles. The van der Waals surface area contributed by atoms with Gasteiger partial charge < -0.3 is 10.6 Å². The number of amides is 2. The zero-order valence-electron chi connectivity index (χ0n) is 15.8. The zero-order valence-corrected chi connectivity index (χ0v) is 18.2. The van der Waals surface area contributed by atoms with Crippen molar-refractivity contribution in [1.29, 1.82) is 0 Å². The highest BCUT2D eigenvalue weighted by Crippen LogP contribution is 2.21. The molecule has 0 unspecified atom stereocenters. The smallest absolute Gasteiger partial charge is 0.258 e. The third-order valence-corrected chi connectivity index (χ3v) is 4.84. The fraction of sp³-hybridized carbons (Fsp3) is 0.0455. The van der Waals surface area contributed by atoms with E-state index < -0.39 is 5.91 Å². The van der Waals surface area contributed by atoms with Gasteiger partial charge in [-0.2, -0.15) is 0 Å². The molecule has 0 aliphatic rings. The van der Waals surface area contributed by atoms with Gasteiger partial charge in [0, 0.05) is 22.0 Å². The first-order chi connectivity index (χ1) is 14.3. The molecule has 2 amide bonds. The summed E-state index contributed by atoms with van der Waals surface area (Å²) in [6.45, 7) is 1.93. The van der Waals surface area contributed by atoms with E-state index in [9.17, 15) is 9.59 Å². The highest BCUT2D eigenvalue weighted by atomic mass is 35.5. The van der Waals surface area contributed by atoms with Crippen molar-refractivity contribution in [2.75, 3.05) is 10.6 Å². The van der Waals surface area contributed by atoms with Crippen LogP contribution in [0.15, 0.2) is 66.7 Å². The molecular formula is C22H17Cl2N3O2S. The molecule has 0 radical (unpaired) electrons. The SMILES string of the molecule is Cc1cccc(C(=O)Nc2ccc(NC(=S)NC(=O)c3ccc(Cl)cc3Cl)cc2)c1. The Labute approximate surface area is 189 Å². The van der Waals surface area contributed by atoms with Gasteiger partial charge >= 0.3 is 0 Å². The average molecular weight is 458 g/mol. The molecule has 0 atom stereocenters. The standard InChI is InChI=1S/C22H17Cl2N3O2S/c1-13-3-2-4-14(11-13)20(28)25-16-6-8-17(9-7-16)26-22(30)27-21(29)18-10-5-15(23)12-19(18)24/h2-12H,1H3,(H,25,28)(H2,26,27,29,30). The Bertz CT molecular complexity index is 1120. The lowest BCUT2D eigenvalue weighted by molar-refractivity contribution is 0.0976. The minimum atomic E-state index is -0.448. The summed E-state index contributed by atoms with van der Waals surface area (Å²) in [5.41, 5.74) is 3.14. The number of hydrogen-bond acceptors (Lipinski definition) is 3. The number of carbonyl (C=O) groups is 2. The molecular weight excluding hydrogens is 441 g/mol. The van der Waals surface area contributed by atoms with Gasteiger partial charge in [0.05, 0.1) is 10.6 Å². The lowest BCUT2D eigenvalue weighted by Gasteiger charge is -2.11. The van der Waals surface area contributed by atoms with Crippen molar-refractivity contribution in [3.63, 3.8) is 0 Å². The number of benzene rings is 3. The van der Waals surface area contributed by atoms with Gasteiger partial charge in [0.25, 0.3) is 11.8 Å². The fourth-order valence-electron chi connectivity index (χ4n) is 2.63. The van der Waals surface area contributed by atoms with E-state index in [1.165, 1.54) is 12.1 Å². The van der Waals surface area contributed by atoms with E-state index in [0.717, 1.165) is 5.56 Å². The lowest BCUT2D eigenvalue weighted by Crippen LogP contribution is -2.34. The number of anilines is 2. The Morgan fingerprint density at radius 2 is 1.50 bits per heavy atom. The van der Waals surface area contributed by atoms with Gasteiger partial charge in [-0.3, -0.25) is 14.9 Å². The van der Waals surface area contributed by atoms with Crippen molar-refractivity contribution in [3.8, 4) is 0 Å². The van der Waals surface area contributed by atoms with Crippen LogP contribution in [0.1, 0.15) is 26.3 Å². The molecule has 0 spiro atoms. The van der Waals surface area contributed by atoms with E-state index in [2.05, 4.69) is 16.0 Å². The topological polar surface area (TPSA) is 70.2 Å². The molecule has 5 nitrogen and oxygen atoms in total. The zero-order chi connectivity index (χ0) is 21.7. The van der Waals surface area contributed by atoms with Gasteiger partial charge in [0.1, 0.15) is 0 Å². The summed E-state index contributed by atoms with van der Waals surface area (Å²) in [5, 5.41) is 9.09. The third-order valence-electron chi connectivity index (χ3n) is 4.08. The predicted octanol–water partition coefficient (Wildman–Crippen LogP) is 5.68. The second kappa shape index (κ2) is 9.71. The van der Waals surface area contributed by atoms with Gasteiger partial charge in [-0.25, -0.2) is 0 Å². The van der Waals surface area contributed by atoms with Crippen molar-refractivity contribution in [2.24, 2.45) is 0 Å². The summed E-state index contributed by atoms with van der Waals surface area (Å²) < 4.78 is 0. The molecule has 3 aromatic rings. The molecule has 3 rings (SSSR count). The van der Waals surface area contributed by atoms with Crippen molar-refractivity contribution < 1.29 is 9.59 Å². The van der Waals surface area contributed by atoms with Crippen LogP contribution in [-0.2, 0) is 0 Å². The van der Waals surface area contributed by atoms with Gasteiger partial charge in [0.2, 0.25) is 0 Å². The number of aryl methyl sites for hydroxylation is 1. The average Bonchev–Trinajstić information content (AvgIpc) is 2.69. The minimum Gasteiger partial charge on any atom is -0.332 e. The van der Waals surface area contributed by atoms with Crippen LogP contribution in [0.5, 0.6) is 0 Å². The number of carbonyl (C=O) groups excluding carboxylic acids is 2. The highest BCUT2D eigenvalue weighted by Gasteiger charge is 2.12. The first-order valence-electron chi connectivity index (χ1n) is 8.87. The molecule has 8 heteroatoms.